The van der Waals surface area contributed by atoms with Gasteiger partial charge in [0.25, 0.3) is 0 Å². The van der Waals surface area contributed by atoms with Crippen LogP contribution in [0.2, 0.25) is 0 Å². The van der Waals surface area contributed by atoms with E-state index < -0.39 is 17.8 Å². The first-order chi connectivity index (χ1) is 8.38. The van der Waals surface area contributed by atoms with Crippen molar-refractivity contribution in [2.75, 3.05) is 12.0 Å². The number of rotatable bonds is 2. The molecule has 0 radical (unpaired) electrons. The summed E-state index contributed by atoms with van der Waals surface area (Å²) in [4.78, 5) is 23.0. The lowest BCUT2D eigenvalue weighted by Gasteiger charge is -2.19. The molecule has 0 spiro atoms. The van der Waals surface area contributed by atoms with Crippen molar-refractivity contribution < 1.29 is 24.5 Å². The summed E-state index contributed by atoms with van der Waals surface area (Å²) in [5.41, 5.74) is 5.16. The third-order valence-corrected chi connectivity index (χ3v) is 2.23. The molecular weight excluding hydrogens is 260 g/mol. The first-order valence-electron chi connectivity index (χ1n) is 4.62. The number of ether oxygens (including phenoxy) is 1. The number of carboxylic acid groups (broad SMARTS) is 1. The molecule has 0 aliphatic rings. The predicted octanol–water partition coefficient (Wildman–Crippen LogP) is 0.907. The molecule has 0 aliphatic carbocycles. The highest BCUT2D eigenvalue weighted by Crippen LogP contribution is 2.25. The second-order valence-corrected chi connectivity index (χ2v) is 3.57. The van der Waals surface area contributed by atoms with Crippen LogP contribution in [0.25, 0.3) is 0 Å². The Balaban J connectivity index is 3.23. The molecule has 1 aromatic carbocycles. The van der Waals surface area contributed by atoms with Crippen LogP contribution in [-0.2, 0) is 4.74 Å². The maximum Gasteiger partial charge on any atom is 0.420 e. The van der Waals surface area contributed by atoms with E-state index in [-0.39, 0.29) is 16.4 Å². The average molecular weight is 270 g/mol. The number of carboxylic acids is 1. The third kappa shape index (κ3) is 2.66. The number of phenols is 1. The van der Waals surface area contributed by atoms with E-state index in [9.17, 15) is 14.7 Å². The Morgan fingerprint density at radius 3 is 2.44 bits per heavy atom. The van der Waals surface area contributed by atoms with E-state index in [4.69, 9.17) is 10.8 Å². The number of aromatic hydroxyl groups is 1. The van der Waals surface area contributed by atoms with Gasteiger partial charge < -0.3 is 20.7 Å². The van der Waals surface area contributed by atoms with Crippen LogP contribution in [0.4, 0.5) is 10.5 Å². The highest BCUT2D eigenvalue weighted by molar-refractivity contribution is 7.80. The molecule has 96 valence electrons. The normalized spacial score (nSPS) is 9.61. The number of benzene rings is 1. The van der Waals surface area contributed by atoms with Crippen molar-refractivity contribution >= 4 is 35.1 Å². The molecule has 8 heteroatoms. The van der Waals surface area contributed by atoms with Gasteiger partial charge >= 0.3 is 12.1 Å². The Morgan fingerprint density at radius 1 is 1.44 bits per heavy atom. The van der Waals surface area contributed by atoms with Gasteiger partial charge in [-0.05, 0) is 24.4 Å². The van der Waals surface area contributed by atoms with Gasteiger partial charge in [-0.1, -0.05) is 0 Å². The second-order valence-electron chi connectivity index (χ2n) is 3.15. The molecule has 0 heterocycles. The lowest BCUT2D eigenvalue weighted by molar-refractivity contribution is 0.0694. The zero-order valence-electron chi connectivity index (χ0n) is 9.28. The largest absolute Gasteiger partial charge is 0.507 e. The number of carbonyl (C=O) groups is 2. The minimum absolute atomic E-state index is 0.108. The van der Waals surface area contributed by atoms with E-state index in [2.05, 4.69) is 17.0 Å². The minimum atomic E-state index is -1.29. The Hall–Kier alpha value is -2.35. The van der Waals surface area contributed by atoms with E-state index >= 15 is 0 Å². The van der Waals surface area contributed by atoms with Crippen LogP contribution in [0.5, 0.6) is 5.75 Å². The molecular formula is C10H10N2O5S. The van der Waals surface area contributed by atoms with Crippen molar-refractivity contribution in [2.45, 2.75) is 0 Å². The number of nitrogens with zero attached hydrogens (tertiary/aromatic N) is 1. The smallest absolute Gasteiger partial charge is 0.420 e. The van der Waals surface area contributed by atoms with Crippen molar-refractivity contribution in [1.29, 1.82) is 0 Å². The van der Waals surface area contributed by atoms with Gasteiger partial charge in [-0.3, -0.25) is 0 Å². The zero-order chi connectivity index (χ0) is 13.9. The van der Waals surface area contributed by atoms with E-state index in [0.717, 1.165) is 24.1 Å². The molecule has 18 heavy (non-hydrogen) atoms. The molecule has 1 aromatic rings. The number of hydrogen-bond acceptors (Lipinski definition) is 5. The number of nitrogens with two attached hydrogens (primary N) is 1. The van der Waals surface area contributed by atoms with Crippen molar-refractivity contribution in [3.63, 3.8) is 0 Å². The first-order valence-corrected chi connectivity index (χ1v) is 5.03. The van der Waals surface area contributed by atoms with Crippen LogP contribution < -0.4 is 10.6 Å². The molecule has 0 bridgehead atoms. The fourth-order valence-corrected chi connectivity index (χ4v) is 1.43. The monoisotopic (exact) mass is 270 g/mol. The number of thiocarbonyl (C=S) groups is 1. The topological polar surface area (TPSA) is 113 Å². The van der Waals surface area contributed by atoms with E-state index in [1.54, 1.807) is 0 Å². The molecule has 0 fully saturated rings. The molecule has 1 amide bonds. The fraction of sp³-hybridized carbons (Fsp3) is 0.100. The lowest BCUT2D eigenvalue weighted by Crippen LogP contribution is -2.40. The number of anilines is 1. The van der Waals surface area contributed by atoms with Gasteiger partial charge in [0, 0.05) is 6.07 Å². The highest BCUT2D eigenvalue weighted by atomic mass is 32.1. The maximum absolute atomic E-state index is 11.4. The number of carbonyl (C=O) groups excluding carboxylic acids is 1. The molecule has 0 saturated heterocycles. The Labute approximate surface area is 107 Å². The van der Waals surface area contributed by atoms with Gasteiger partial charge in [-0.25, -0.2) is 14.5 Å². The summed E-state index contributed by atoms with van der Waals surface area (Å²) in [6, 6.07) is 3.46. The molecule has 0 saturated carbocycles. The molecule has 4 N–H and O–H groups in total. The van der Waals surface area contributed by atoms with Gasteiger partial charge in [-0.2, -0.15) is 0 Å². The summed E-state index contributed by atoms with van der Waals surface area (Å²) in [5.74, 6) is -1.80. The summed E-state index contributed by atoms with van der Waals surface area (Å²) < 4.78 is 4.47. The molecule has 0 unspecified atom stereocenters. The quantitative estimate of drug-likeness (QED) is 0.684. The maximum atomic E-state index is 11.4. The number of hydrogen-bond donors (Lipinski definition) is 3. The standard InChI is InChI=1S/C10H10N2O5S/c1-17-10(16)12(9(11)18)5-2-3-6(8(14)15)7(13)4-5/h2-4,13H,1H3,(H2,11,18)(H,14,15). The number of amides is 1. The van der Waals surface area contributed by atoms with Gasteiger partial charge in [0.15, 0.2) is 5.11 Å². The SMILES string of the molecule is COC(=O)N(C(N)=S)c1ccc(C(=O)O)c(O)c1. The van der Waals surface area contributed by atoms with E-state index in [1.807, 2.05) is 0 Å². The van der Waals surface area contributed by atoms with Gasteiger partial charge in [0.1, 0.15) is 11.3 Å². The van der Waals surface area contributed by atoms with Gasteiger partial charge in [-0.15, -0.1) is 0 Å². The molecule has 0 atom stereocenters. The van der Waals surface area contributed by atoms with E-state index in [1.165, 1.54) is 6.07 Å². The van der Waals surface area contributed by atoms with Crippen LogP contribution in [-0.4, -0.2) is 34.5 Å². The van der Waals surface area contributed by atoms with Crippen molar-refractivity contribution in [2.24, 2.45) is 5.73 Å². The fourth-order valence-electron chi connectivity index (χ4n) is 1.25. The molecule has 1 rings (SSSR count). The lowest BCUT2D eigenvalue weighted by atomic mass is 10.2. The van der Waals surface area contributed by atoms with Gasteiger partial charge in [0.2, 0.25) is 0 Å². The van der Waals surface area contributed by atoms with Gasteiger partial charge in [0.05, 0.1) is 12.8 Å². The molecule has 0 aliphatic heterocycles. The Morgan fingerprint density at radius 2 is 2.06 bits per heavy atom. The summed E-state index contributed by atoms with van der Waals surface area (Å²) >= 11 is 4.67. The zero-order valence-corrected chi connectivity index (χ0v) is 10.1. The molecule has 0 aromatic heterocycles. The summed E-state index contributed by atoms with van der Waals surface area (Å²) in [5, 5.41) is 18.0. The van der Waals surface area contributed by atoms with E-state index in [0.29, 0.717) is 0 Å². The van der Waals surface area contributed by atoms with Crippen LogP contribution in [0.1, 0.15) is 10.4 Å². The molecule has 7 nitrogen and oxygen atoms in total. The third-order valence-electron chi connectivity index (χ3n) is 2.05. The minimum Gasteiger partial charge on any atom is -0.507 e. The summed E-state index contributed by atoms with van der Waals surface area (Å²) in [7, 11) is 1.14. The predicted molar refractivity (Wildman–Crippen MR) is 66.7 cm³/mol. The van der Waals surface area contributed by atoms with Crippen LogP contribution in [0.15, 0.2) is 18.2 Å². The Bertz CT molecular complexity index is 517. The number of aromatic carboxylic acids is 1. The first kappa shape index (κ1) is 13.7. The highest BCUT2D eigenvalue weighted by Gasteiger charge is 2.21. The van der Waals surface area contributed by atoms with Crippen molar-refractivity contribution in [1.82, 2.24) is 0 Å². The summed E-state index contributed by atoms with van der Waals surface area (Å²) in [6.45, 7) is 0. The van der Waals surface area contributed by atoms with Crippen molar-refractivity contribution in [3.05, 3.63) is 23.8 Å². The van der Waals surface area contributed by atoms with Crippen LogP contribution in [0, 0.1) is 0 Å². The Kier molecular flexibility index (Phi) is 4.05. The van der Waals surface area contributed by atoms with Crippen LogP contribution >= 0.6 is 12.2 Å². The summed E-state index contributed by atoms with van der Waals surface area (Å²) in [6.07, 6.45) is -0.843. The number of methoxy groups -OCH3 is 1. The van der Waals surface area contributed by atoms with Crippen LogP contribution in [0.3, 0.4) is 0 Å². The average Bonchev–Trinajstić information content (AvgIpc) is 2.28. The second kappa shape index (κ2) is 5.32. The van der Waals surface area contributed by atoms with Crippen molar-refractivity contribution in [3.8, 4) is 5.75 Å².